The van der Waals surface area contributed by atoms with E-state index in [1.807, 2.05) is 0 Å². The number of ether oxygens (including phenoxy) is 1. The number of rotatable bonds is 63. The lowest BCUT2D eigenvalue weighted by Crippen LogP contribution is -2.45. The molecule has 2 unspecified atom stereocenters. The van der Waals surface area contributed by atoms with Crippen LogP contribution in [0.1, 0.15) is 367 Å². The summed E-state index contributed by atoms with van der Waals surface area (Å²) in [7, 11) is 0. The predicted molar refractivity (Wildman–Crippen MR) is 329 cm³/mol. The lowest BCUT2D eigenvalue weighted by atomic mass is 10.0. The van der Waals surface area contributed by atoms with Crippen LogP contribution < -0.4 is 5.32 Å². The summed E-state index contributed by atoms with van der Waals surface area (Å²) in [6.07, 6.45) is 81.7. The molecule has 75 heavy (non-hydrogen) atoms. The van der Waals surface area contributed by atoms with Gasteiger partial charge in [-0.3, -0.25) is 9.59 Å². The molecular weight excluding hydrogens is 923 g/mol. The topological polar surface area (TPSA) is 95.9 Å². The maximum Gasteiger partial charge on any atom is 0.305 e. The zero-order chi connectivity index (χ0) is 54.3. The summed E-state index contributed by atoms with van der Waals surface area (Å²) in [6.45, 7) is 4.96. The summed E-state index contributed by atoms with van der Waals surface area (Å²) in [5.41, 5.74) is 0. The van der Waals surface area contributed by atoms with Crippen LogP contribution in [0.4, 0.5) is 0 Å². The molecular formula is C69H131NO5. The van der Waals surface area contributed by atoms with Crippen LogP contribution >= 0.6 is 0 Å². The first kappa shape index (κ1) is 73.1. The summed E-state index contributed by atoms with van der Waals surface area (Å²) in [5, 5.41) is 23.3. The largest absolute Gasteiger partial charge is 0.466 e. The molecule has 0 aromatic heterocycles. The number of allylic oxidation sites excluding steroid dienone is 6. The molecule has 0 radical (unpaired) electrons. The molecule has 0 spiro atoms. The third kappa shape index (κ3) is 61.2. The Bertz CT molecular complexity index is 1210. The number of carbonyl (C=O) groups excluding carboxylic acids is 2. The molecule has 0 bridgehead atoms. The first-order chi connectivity index (χ1) is 37.0. The lowest BCUT2D eigenvalue weighted by Gasteiger charge is -2.22. The summed E-state index contributed by atoms with van der Waals surface area (Å²) in [6, 6.07) is -0.544. The summed E-state index contributed by atoms with van der Waals surface area (Å²) in [4.78, 5) is 24.6. The van der Waals surface area contributed by atoms with Crippen molar-refractivity contribution >= 4 is 11.9 Å². The number of aliphatic hydroxyl groups excluding tert-OH is 2. The lowest BCUT2D eigenvalue weighted by molar-refractivity contribution is -0.143. The van der Waals surface area contributed by atoms with E-state index in [0.717, 1.165) is 51.4 Å². The minimum absolute atomic E-state index is 0.00355. The monoisotopic (exact) mass is 1050 g/mol. The van der Waals surface area contributed by atoms with Gasteiger partial charge < -0.3 is 20.3 Å². The van der Waals surface area contributed by atoms with Gasteiger partial charge in [-0.25, -0.2) is 0 Å². The number of nitrogens with one attached hydrogen (secondary N) is 1. The number of aliphatic hydroxyl groups is 2. The van der Waals surface area contributed by atoms with Crippen LogP contribution in [0.5, 0.6) is 0 Å². The van der Waals surface area contributed by atoms with Gasteiger partial charge in [-0.15, -0.1) is 0 Å². The summed E-state index contributed by atoms with van der Waals surface area (Å²) < 4.78 is 5.49. The molecule has 0 aliphatic carbocycles. The Morgan fingerprint density at radius 1 is 0.373 bits per heavy atom. The number of carbonyl (C=O) groups is 2. The molecule has 0 rings (SSSR count). The molecule has 3 N–H and O–H groups in total. The molecule has 0 aromatic carbocycles. The van der Waals surface area contributed by atoms with Crippen molar-refractivity contribution in [3.63, 3.8) is 0 Å². The smallest absolute Gasteiger partial charge is 0.305 e. The first-order valence-electron chi connectivity index (χ1n) is 33.7. The Balaban J connectivity index is 3.41. The Morgan fingerprint density at radius 2 is 0.667 bits per heavy atom. The van der Waals surface area contributed by atoms with E-state index in [2.05, 4.69) is 55.6 Å². The molecule has 0 aromatic rings. The van der Waals surface area contributed by atoms with Crippen molar-refractivity contribution in [2.75, 3.05) is 13.2 Å². The van der Waals surface area contributed by atoms with Gasteiger partial charge >= 0.3 is 5.97 Å². The fraction of sp³-hybridized carbons (Fsp3) is 0.884. The van der Waals surface area contributed by atoms with Crippen molar-refractivity contribution in [1.82, 2.24) is 5.32 Å². The van der Waals surface area contributed by atoms with Crippen LogP contribution in [0.25, 0.3) is 0 Å². The average molecular weight is 1050 g/mol. The van der Waals surface area contributed by atoms with Crippen LogP contribution in [0.3, 0.4) is 0 Å². The molecule has 6 heteroatoms. The maximum absolute atomic E-state index is 12.5. The second kappa shape index (κ2) is 64.6. The van der Waals surface area contributed by atoms with E-state index in [1.54, 1.807) is 0 Å². The SMILES string of the molecule is CCCCCCCCC/C=C\CCCCCCCC(=O)OCCCCCCCCCCC/C=C\C/C=C\CCCCCCCCCCCCCC(=O)NC(CO)C(O)CCCCCCCCCCCCCCCCC. The third-order valence-corrected chi connectivity index (χ3v) is 15.7. The van der Waals surface area contributed by atoms with E-state index in [4.69, 9.17) is 4.74 Å². The van der Waals surface area contributed by atoms with Gasteiger partial charge in [-0.2, -0.15) is 0 Å². The standard InChI is InChI=1S/C69H131NO5/c1-3-5-7-9-11-13-15-17-19-35-39-43-47-51-55-59-63-69(74)75-64-60-56-52-48-44-40-36-32-30-28-26-24-22-20-21-23-25-27-29-31-34-38-42-46-50-54-58-62-68(73)70-66(65-71)67(72)61-57-53-49-45-41-37-33-18-16-14-12-10-8-6-4-2/h19-21,24,26,35,66-67,71-72H,3-18,22-23,25,27-34,36-65H2,1-2H3,(H,70,73)/b21-20-,26-24-,35-19-. The molecule has 0 aliphatic rings. The molecule has 0 fully saturated rings. The number of unbranched alkanes of at least 4 members (excludes halogenated alkanes) is 46. The summed E-state index contributed by atoms with van der Waals surface area (Å²) in [5.74, 6) is -0.0327. The normalized spacial score (nSPS) is 12.7. The minimum Gasteiger partial charge on any atom is -0.466 e. The highest BCUT2D eigenvalue weighted by molar-refractivity contribution is 5.76. The highest BCUT2D eigenvalue weighted by atomic mass is 16.5. The van der Waals surface area contributed by atoms with E-state index in [9.17, 15) is 19.8 Å². The van der Waals surface area contributed by atoms with E-state index in [1.165, 1.54) is 283 Å². The van der Waals surface area contributed by atoms with Gasteiger partial charge in [-0.05, 0) is 83.5 Å². The first-order valence-corrected chi connectivity index (χ1v) is 33.7. The molecule has 0 saturated heterocycles. The van der Waals surface area contributed by atoms with Gasteiger partial charge in [0.25, 0.3) is 0 Å². The van der Waals surface area contributed by atoms with Crippen molar-refractivity contribution in [1.29, 1.82) is 0 Å². The van der Waals surface area contributed by atoms with Crippen LogP contribution in [0.15, 0.2) is 36.5 Å². The molecule has 0 saturated carbocycles. The molecule has 2 atom stereocenters. The van der Waals surface area contributed by atoms with Crippen LogP contribution in [0.2, 0.25) is 0 Å². The van der Waals surface area contributed by atoms with Gasteiger partial charge in [0.1, 0.15) is 0 Å². The Labute approximate surface area is 468 Å². The average Bonchev–Trinajstić information content (AvgIpc) is 3.41. The third-order valence-electron chi connectivity index (χ3n) is 15.7. The van der Waals surface area contributed by atoms with Gasteiger partial charge in [0.15, 0.2) is 0 Å². The second-order valence-corrected chi connectivity index (χ2v) is 23.1. The highest BCUT2D eigenvalue weighted by Gasteiger charge is 2.20. The van der Waals surface area contributed by atoms with Crippen molar-refractivity contribution in [3.8, 4) is 0 Å². The highest BCUT2D eigenvalue weighted by Crippen LogP contribution is 2.18. The number of amides is 1. The van der Waals surface area contributed by atoms with Crippen molar-refractivity contribution in [2.45, 2.75) is 379 Å². The number of hydrogen-bond donors (Lipinski definition) is 3. The zero-order valence-electron chi connectivity index (χ0n) is 50.5. The molecule has 6 nitrogen and oxygen atoms in total. The van der Waals surface area contributed by atoms with E-state index < -0.39 is 12.1 Å². The minimum atomic E-state index is -0.666. The number of hydrogen-bond acceptors (Lipinski definition) is 5. The predicted octanol–water partition coefficient (Wildman–Crippen LogP) is 21.5. The Kier molecular flexibility index (Phi) is 63.0. The second-order valence-electron chi connectivity index (χ2n) is 23.1. The summed E-state index contributed by atoms with van der Waals surface area (Å²) >= 11 is 0. The Morgan fingerprint density at radius 3 is 1.03 bits per heavy atom. The molecule has 1 amide bonds. The zero-order valence-corrected chi connectivity index (χ0v) is 50.5. The van der Waals surface area contributed by atoms with Crippen LogP contribution in [0, 0.1) is 0 Å². The van der Waals surface area contributed by atoms with Gasteiger partial charge in [0, 0.05) is 12.8 Å². The van der Waals surface area contributed by atoms with Gasteiger partial charge in [0.2, 0.25) is 5.91 Å². The molecule has 0 heterocycles. The van der Waals surface area contributed by atoms with E-state index >= 15 is 0 Å². The van der Waals surface area contributed by atoms with E-state index in [0.29, 0.717) is 25.9 Å². The fourth-order valence-corrected chi connectivity index (χ4v) is 10.5. The quantitative estimate of drug-likeness (QED) is 0.0320. The van der Waals surface area contributed by atoms with Crippen molar-refractivity contribution < 1.29 is 24.5 Å². The van der Waals surface area contributed by atoms with Crippen LogP contribution in [-0.4, -0.2) is 47.4 Å². The van der Waals surface area contributed by atoms with Crippen LogP contribution in [-0.2, 0) is 14.3 Å². The maximum atomic E-state index is 12.5. The van der Waals surface area contributed by atoms with Crippen molar-refractivity contribution in [3.05, 3.63) is 36.5 Å². The number of esters is 1. The molecule has 0 aliphatic heterocycles. The fourth-order valence-electron chi connectivity index (χ4n) is 10.5. The molecule has 442 valence electrons. The van der Waals surface area contributed by atoms with Gasteiger partial charge in [0.05, 0.1) is 25.4 Å². The van der Waals surface area contributed by atoms with Gasteiger partial charge in [-0.1, -0.05) is 307 Å². The Hall–Kier alpha value is -1.92. The van der Waals surface area contributed by atoms with Crippen molar-refractivity contribution in [2.24, 2.45) is 0 Å². The van der Waals surface area contributed by atoms with E-state index in [-0.39, 0.29) is 18.5 Å².